The molecule has 1 aliphatic carbocycles. The first-order valence-electron chi connectivity index (χ1n) is 8.91. The normalized spacial score (nSPS) is 24.6. The van der Waals surface area contributed by atoms with E-state index in [1.165, 1.54) is 58.3 Å². The summed E-state index contributed by atoms with van der Waals surface area (Å²) in [6, 6.07) is 1.63. The number of nitrogens with one attached hydrogen (secondary N) is 1. The summed E-state index contributed by atoms with van der Waals surface area (Å²) in [5, 5.41) is 3.62. The average Bonchev–Trinajstić information content (AvgIpc) is 2.98. The number of rotatable bonds is 7. The monoisotopic (exact) mass is 281 g/mol. The van der Waals surface area contributed by atoms with Gasteiger partial charge in [-0.15, -0.1) is 0 Å². The Kier molecular flexibility index (Phi) is 6.79. The zero-order valence-electron chi connectivity index (χ0n) is 13.9. The highest BCUT2D eigenvalue weighted by Gasteiger charge is 2.29. The van der Waals surface area contributed by atoms with Gasteiger partial charge in [0.25, 0.3) is 0 Å². The second kappa shape index (κ2) is 8.35. The largest absolute Gasteiger partial charge is 0.315 e. The van der Waals surface area contributed by atoms with Gasteiger partial charge >= 0.3 is 0 Å². The van der Waals surface area contributed by atoms with Gasteiger partial charge in [0.2, 0.25) is 0 Å². The summed E-state index contributed by atoms with van der Waals surface area (Å²) in [4.78, 5) is 5.50. The van der Waals surface area contributed by atoms with Crippen LogP contribution >= 0.6 is 0 Å². The van der Waals surface area contributed by atoms with E-state index in [1.54, 1.807) is 0 Å². The molecule has 118 valence electrons. The fourth-order valence-corrected chi connectivity index (χ4v) is 3.92. The van der Waals surface area contributed by atoms with Crippen LogP contribution in [0, 0.1) is 5.92 Å². The van der Waals surface area contributed by atoms with Crippen molar-refractivity contribution >= 4 is 0 Å². The molecule has 0 amide bonds. The van der Waals surface area contributed by atoms with Gasteiger partial charge < -0.3 is 5.32 Å². The molecule has 0 aromatic carbocycles. The minimum absolute atomic E-state index is 0.715. The van der Waals surface area contributed by atoms with Gasteiger partial charge in [-0.1, -0.05) is 33.6 Å². The van der Waals surface area contributed by atoms with E-state index in [9.17, 15) is 0 Å². The molecule has 1 aliphatic heterocycles. The van der Waals surface area contributed by atoms with E-state index in [0.717, 1.165) is 25.0 Å². The molecule has 0 aromatic rings. The Hall–Kier alpha value is -0.120. The van der Waals surface area contributed by atoms with Crippen LogP contribution in [0.15, 0.2) is 0 Å². The van der Waals surface area contributed by atoms with Gasteiger partial charge in [0, 0.05) is 44.8 Å². The van der Waals surface area contributed by atoms with Crippen molar-refractivity contribution in [3.05, 3.63) is 0 Å². The summed E-state index contributed by atoms with van der Waals surface area (Å²) < 4.78 is 0. The van der Waals surface area contributed by atoms with Gasteiger partial charge in [-0.25, -0.2) is 0 Å². The van der Waals surface area contributed by atoms with Crippen molar-refractivity contribution in [2.45, 2.75) is 65.0 Å². The Morgan fingerprint density at radius 3 is 2.25 bits per heavy atom. The molecule has 1 atom stereocenters. The summed E-state index contributed by atoms with van der Waals surface area (Å²) in [5.74, 6) is 0.748. The second-order valence-corrected chi connectivity index (χ2v) is 7.03. The Bertz CT molecular complexity index is 253. The molecule has 2 rings (SSSR count). The molecule has 1 saturated heterocycles. The average molecular weight is 281 g/mol. The summed E-state index contributed by atoms with van der Waals surface area (Å²) in [6.45, 7) is 14.4. The van der Waals surface area contributed by atoms with Crippen LogP contribution in [0.25, 0.3) is 0 Å². The standard InChI is InChI=1S/C17H35N3/c1-4-9-18-14-17(15(2)3)20-12-10-19(11-13-20)16-7-5-6-8-16/h15-18H,4-14H2,1-3H3. The maximum absolute atomic E-state index is 3.62. The molecule has 2 aliphatic rings. The summed E-state index contributed by atoms with van der Waals surface area (Å²) >= 11 is 0. The molecule has 3 nitrogen and oxygen atoms in total. The van der Waals surface area contributed by atoms with Crippen molar-refractivity contribution in [1.82, 2.24) is 15.1 Å². The first-order valence-corrected chi connectivity index (χ1v) is 8.91. The summed E-state index contributed by atoms with van der Waals surface area (Å²) in [5.41, 5.74) is 0. The van der Waals surface area contributed by atoms with Gasteiger partial charge in [-0.05, 0) is 31.7 Å². The highest BCUT2D eigenvalue weighted by Crippen LogP contribution is 2.25. The first kappa shape index (κ1) is 16.3. The van der Waals surface area contributed by atoms with Crippen molar-refractivity contribution in [3.63, 3.8) is 0 Å². The van der Waals surface area contributed by atoms with Gasteiger partial charge in [0.05, 0.1) is 0 Å². The van der Waals surface area contributed by atoms with Crippen LogP contribution in [0.5, 0.6) is 0 Å². The van der Waals surface area contributed by atoms with Crippen LogP contribution in [0.4, 0.5) is 0 Å². The summed E-state index contributed by atoms with van der Waals surface area (Å²) in [6.07, 6.45) is 7.05. The minimum atomic E-state index is 0.715. The zero-order chi connectivity index (χ0) is 14.4. The van der Waals surface area contributed by atoms with Crippen LogP contribution < -0.4 is 5.32 Å². The van der Waals surface area contributed by atoms with E-state index in [2.05, 4.69) is 35.9 Å². The molecule has 0 spiro atoms. The SMILES string of the molecule is CCCNCC(C(C)C)N1CCN(C2CCCC2)CC1. The molecule has 1 saturated carbocycles. The molecule has 1 N–H and O–H groups in total. The van der Waals surface area contributed by atoms with Crippen molar-refractivity contribution in [2.24, 2.45) is 5.92 Å². The smallest absolute Gasteiger partial charge is 0.0244 e. The lowest BCUT2D eigenvalue weighted by Gasteiger charge is -2.43. The van der Waals surface area contributed by atoms with Gasteiger partial charge in [0.15, 0.2) is 0 Å². The van der Waals surface area contributed by atoms with E-state index in [4.69, 9.17) is 0 Å². The van der Waals surface area contributed by atoms with E-state index in [0.29, 0.717) is 6.04 Å². The molecule has 2 fully saturated rings. The second-order valence-electron chi connectivity index (χ2n) is 7.03. The van der Waals surface area contributed by atoms with E-state index in [-0.39, 0.29) is 0 Å². The topological polar surface area (TPSA) is 18.5 Å². The Balaban J connectivity index is 1.77. The number of hydrogen-bond acceptors (Lipinski definition) is 3. The van der Waals surface area contributed by atoms with Gasteiger partial charge in [0.1, 0.15) is 0 Å². The third kappa shape index (κ3) is 4.44. The third-order valence-corrected chi connectivity index (χ3v) is 5.21. The van der Waals surface area contributed by atoms with Gasteiger partial charge in [-0.3, -0.25) is 9.80 Å². The van der Waals surface area contributed by atoms with E-state index >= 15 is 0 Å². The van der Waals surface area contributed by atoms with Crippen LogP contribution in [-0.4, -0.2) is 61.2 Å². The summed E-state index contributed by atoms with van der Waals surface area (Å²) in [7, 11) is 0. The third-order valence-electron chi connectivity index (χ3n) is 5.21. The molecule has 0 aromatic heterocycles. The predicted octanol–water partition coefficient (Wildman–Crippen LogP) is 2.57. The number of nitrogens with zero attached hydrogens (tertiary/aromatic N) is 2. The van der Waals surface area contributed by atoms with Crippen molar-refractivity contribution in [1.29, 1.82) is 0 Å². The Morgan fingerprint density at radius 1 is 1.05 bits per heavy atom. The number of hydrogen-bond donors (Lipinski definition) is 1. The number of piperazine rings is 1. The fourth-order valence-electron chi connectivity index (χ4n) is 3.92. The lowest BCUT2D eigenvalue weighted by atomic mass is 10.0. The molecule has 0 bridgehead atoms. The fraction of sp³-hybridized carbons (Fsp3) is 1.00. The molecule has 1 heterocycles. The lowest BCUT2D eigenvalue weighted by molar-refractivity contribution is 0.0552. The first-order chi connectivity index (χ1) is 9.72. The molecular formula is C17H35N3. The van der Waals surface area contributed by atoms with E-state index in [1.807, 2.05) is 0 Å². The highest BCUT2D eigenvalue weighted by atomic mass is 15.3. The maximum atomic E-state index is 3.62. The molecular weight excluding hydrogens is 246 g/mol. The van der Waals surface area contributed by atoms with Gasteiger partial charge in [-0.2, -0.15) is 0 Å². The quantitative estimate of drug-likeness (QED) is 0.724. The zero-order valence-corrected chi connectivity index (χ0v) is 13.9. The molecule has 1 unspecified atom stereocenters. The Labute approximate surface area is 126 Å². The van der Waals surface area contributed by atoms with Crippen LogP contribution in [0.1, 0.15) is 52.9 Å². The minimum Gasteiger partial charge on any atom is -0.315 e. The molecule has 0 radical (unpaired) electrons. The molecule has 20 heavy (non-hydrogen) atoms. The lowest BCUT2D eigenvalue weighted by Crippen LogP contribution is -2.56. The highest BCUT2D eigenvalue weighted by molar-refractivity contribution is 4.86. The van der Waals surface area contributed by atoms with Crippen molar-refractivity contribution < 1.29 is 0 Å². The predicted molar refractivity (Wildman–Crippen MR) is 87.2 cm³/mol. The Morgan fingerprint density at radius 2 is 1.70 bits per heavy atom. The van der Waals surface area contributed by atoms with Crippen LogP contribution in [0.2, 0.25) is 0 Å². The van der Waals surface area contributed by atoms with E-state index < -0.39 is 0 Å². The van der Waals surface area contributed by atoms with Crippen LogP contribution in [0.3, 0.4) is 0 Å². The maximum Gasteiger partial charge on any atom is 0.0244 e. The van der Waals surface area contributed by atoms with Crippen LogP contribution in [-0.2, 0) is 0 Å². The van der Waals surface area contributed by atoms with Crippen molar-refractivity contribution in [2.75, 3.05) is 39.3 Å². The molecule has 3 heteroatoms. The van der Waals surface area contributed by atoms with Crippen molar-refractivity contribution in [3.8, 4) is 0 Å².